The molecule has 4 heterocycles. The van der Waals surface area contributed by atoms with Gasteiger partial charge in [0.25, 0.3) is 0 Å². The normalized spacial score (nSPS) is 12.1. The van der Waals surface area contributed by atoms with Crippen LogP contribution in [-0.2, 0) is 0 Å². The molecule has 304 valence electrons. The third kappa shape index (κ3) is 5.46. The predicted molar refractivity (Wildman–Crippen MR) is 274 cm³/mol. The molecule has 4 nitrogen and oxygen atoms in total. The van der Waals surface area contributed by atoms with Crippen LogP contribution in [0.15, 0.2) is 240 Å². The maximum Gasteiger partial charge on any atom is 0.0542 e. The molecule has 0 saturated heterocycles. The molecule has 0 aliphatic rings. The van der Waals surface area contributed by atoms with Crippen LogP contribution in [0.25, 0.3) is 110 Å². The minimum atomic E-state index is 1.14. The molecule has 0 fully saturated rings. The van der Waals surface area contributed by atoms with Crippen LogP contribution in [0.1, 0.15) is 0 Å². The molecule has 65 heavy (non-hydrogen) atoms. The summed E-state index contributed by atoms with van der Waals surface area (Å²) in [6.07, 6.45) is 0. The van der Waals surface area contributed by atoms with Gasteiger partial charge in [-0.25, -0.2) is 0 Å². The van der Waals surface area contributed by atoms with E-state index in [-0.39, 0.29) is 0 Å². The molecule has 14 aromatic rings. The molecule has 0 aliphatic carbocycles. The van der Waals surface area contributed by atoms with Crippen molar-refractivity contribution in [1.29, 1.82) is 0 Å². The molecule has 0 N–H and O–H groups in total. The quantitative estimate of drug-likeness (QED) is 0.163. The predicted octanol–water partition coefficient (Wildman–Crippen LogP) is 16.2. The Labute approximate surface area is 378 Å². The first-order valence-electron chi connectivity index (χ1n) is 22.2. The molecule has 0 atom stereocenters. The van der Waals surface area contributed by atoms with Gasteiger partial charge in [0.1, 0.15) is 0 Å². The lowest BCUT2D eigenvalue weighted by Crippen LogP contribution is -1.98. The van der Waals surface area contributed by atoms with Crippen LogP contribution in [0, 0.1) is 0 Å². The number of rotatable bonds is 6. The number of aromatic nitrogens is 4. The highest BCUT2D eigenvalue weighted by molar-refractivity contribution is 7.99. The van der Waals surface area contributed by atoms with Crippen LogP contribution in [0.5, 0.6) is 0 Å². The highest BCUT2D eigenvalue weighted by Crippen LogP contribution is 2.41. The van der Waals surface area contributed by atoms with Gasteiger partial charge in [-0.2, -0.15) is 0 Å². The van der Waals surface area contributed by atoms with Crippen molar-refractivity contribution in [2.75, 3.05) is 0 Å². The Morgan fingerprint density at radius 1 is 0.200 bits per heavy atom. The minimum Gasteiger partial charge on any atom is -0.309 e. The van der Waals surface area contributed by atoms with E-state index in [1.807, 2.05) is 11.8 Å². The maximum atomic E-state index is 2.43. The number of nitrogens with zero attached hydrogens (tertiary/aromatic N) is 4. The zero-order valence-electron chi connectivity index (χ0n) is 35.1. The standard InChI is InChI=1S/C60H38N4S/c1-2-15-39(16-3-1)61-55-26-11-6-21-47(55)50-36-42(29-32-58(50)61)64-57-28-13-8-23-49(57)52-38-44(31-34-60(52)64)65-43-30-33-59-51(37-43)48-22-7-12-27-56(48)63(59)41-18-14-17-40(35-41)62-53-24-9-4-19-45(53)46-20-5-10-25-54(46)62/h1-38H. The molecule has 0 radical (unpaired) electrons. The fraction of sp³-hybridized carbons (Fsp3) is 0. The Balaban J connectivity index is 0.862. The van der Waals surface area contributed by atoms with Crippen molar-refractivity contribution < 1.29 is 0 Å². The fourth-order valence-electron chi connectivity index (χ4n) is 10.7. The summed E-state index contributed by atoms with van der Waals surface area (Å²) in [4.78, 5) is 2.42. The van der Waals surface area contributed by atoms with E-state index < -0.39 is 0 Å². The second-order valence-corrected chi connectivity index (χ2v) is 18.1. The molecule has 0 unspecified atom stereocenters. The van der Waals surface area contributed by atoms with Gasteiger partial charge in [0.05, 0.1) is 44.1 Å². The van der Waals surface area contributed by atoms with E-state index >= 15 is 0 Å². The number of benzene rings is 10. The van der Waals surface area contributed by atoms with Crippen LogP contribution >= 0.6 is 11.8 Å². The van der Waals surface area contributed by atoms with Crippen molar-refractivity contribution in [2.45, 2.75) is 9.79 Å². The van der Waals surface area contributed by atoms with Gasteiger partial charge in [0.2, 0.25) is 0 Å². The Bertz CT molecular complexity index is 4170. The molecule has 5 heteroatoms. The molecule has 0 aliphatic heterocycles. The van der Waals surface area contributed by atoms with Gasteiger partial charge in [-0.3, -0.25) is 0 Å². The van der Waals surface area contributed by atoms with Crippen molar-refractivity contribution >= 4 is 99.0 Å². The summed E-state index contributed by atoms with van der Waals surface area (Å²) in [5, 5.41) is 10.0. The molecule has 10 aromatic carbocycles. The summed E-state index contributed by atoms with van der Waals surface area (Å²) in [6.45, 7) is 0. The van der Waals surface area contributed by atoms with Crippen molar-refractivity contribution in [1.82, 2.24) is 18.3 Å². The maximum absolute atomic E-state index is 2.43. The molecule has 0 bridgehead atoms. The van der Waals surface area contributed by atoms with E-state index in [4.69, 9.17) is 0 Å². The van der Waals surface area contributed by atoms with Crippen LogP contribution in [0.4, 0.5) is 0 Å². The van der Waals surface area contributed by atoms with Crippen molar-refractivity contribution in [3.63, 3.8) is 0 Å². The van der Waals surface area contributed by atoms with Crippen LogP contribution in [0.3, 0.4) is 0 Å². The van der Waals surface area contributed by atoms with E-state index in [1.165, 1.54) is 103 Å². The van der Waals surface area contributed by atoms with Crippen molar-refractivity contribution in [3.05, 3.63) is 231 Å². The average molecular weight is 847 g/mol. The van der Waals surface area contributed by atoms with Gasteiger partial charge in [-0.05, 0) is 115 Å². The van der Waals surface area contributed by atoms with Gasteiger partial charge in [0.15, 0.2) is 0 Å². The largest absolute Gasteiger partial charge is 0.309 e. The second-order valence-electron chi connectivity index (χ2n) is 16.9. The number of hydrogen-bond acceptors (Lipinski definition) is 1. The smallest absolute Gasteiger partial charge is 0.0542 e. The summed E-state index contributed by atoms with van der Waals surface area (Å²) in [5.74, 6) is 0. The molecular formula is C60H38N4S. The number of hydrogen-bond donors (Lipinski definition) is 0. The lowest BCUT2D eigenvalue weighted by Gasteiger charge is -2.13. The van der Waals surface area contributed by atoms with Gasteiger partial charge in [-0.15, -0.1) is 0 Å². The average Bonchev–Trinajstić information content (AvgIpc) is 4.09. The van der Waals surface area contributed by atoms with E-state index in [2.05, 4.69) is 249 Å². The Morgan fingerprint density at radius 2 is 0.508 bits per heavy atom. The summed E-state index contributed by atoms with van der Waals surface area (Å²) in [5.41, 5.74) is 14.2. The van der Waals surface area contributed by atoms with Crippen LogP contribution in [-0.4, -0.2) is 18.3 Å². The SMILES string of the molecule is c1ccc(-n2c3ccccc3c3cc(-n4c5ccccc5c5cc(Sc6ccc7c(c6)c6ccccc6n7-c6cccc(-n7c8ccccc8c8ccccc87)c6)ccc54)ccc32)cc1. The monoisotopic (exact) mass is 846 g/mol. The Kier molecular flexibility index (Phi) is 7.88. The third-order valence-electron chi connectivity index (χ3n) is 13.4. The highest BCUT2D eigenvalue weighted by Gasteiger charge is 2.19. The topological polar surface area (TPSA) is 19.7 Å². The molecular weight excluding hydrogens is 809 g/mol. The van der Waals surface area contributed by atoms with E-state index in [0.29, 0.717) is 0 Å². The van der Waals surface area contributed by atoms with Crippen molar-refractivity contribution in [3.8, 4) is 22.7 Å². The summed E-state index contributed by atoms with van der Waals surface area (Å²) < 4.78 is 9.64. The molecule has 0 saturated carbocycles. The van der Waals surface area contributed by atoms with Gasteiger partial charge >= 0.3 is 0 Å². The first kappa shape index (κ1) is 36.3. The van der Waals surface area contributed by atoms with Gasteiger partial charge in [-0.1, -0.05) is 127 Å². The Hall–Kier alpha value is -8.25. The number of para-hydroxylation sites is 6. The first-order chi connectivity index (χ1) is 32.2. The van der Waals surface area contributed by atoms with Crippen molar-refractivity contribution in [2.24, 2.45) is 0 Å². The summed E-state index contributed by atoms with van der Waals surface area (Å²) >= 11 is 1.83. The zero-order valence-corrected chi connectivity index (χ0v) is 36.0. The van der Waals surface area contributed by atoms with E-state index in [1.54, 1.807) is 0 Å². The van der Waals surface area contributed by atoms with E-state index in [9.17, 15) is 0 Å². The minimum absolute atomic E-state index is 1.14. The third-order valence-corrected chi connectivity index (χ3v) is 14.4. The molecule has 4 aromatic heterocycles. The summed E-state index contributed by atoms with van der Waals surface area (Å²) in [7, 11) is 0. The van der Waals surface area contributed by atoms with Gasteiger partial charge in [0, 0.05) is 75.6 Å². The zero-order chi connectivity index (χ0) is 42.6. The van der Waals surface area contributed by atoms with E-state index in [0.717, 1.165) is 17.1 Å². The Morgan fingerprint density at radius 3 is 0.954 bits per heavy atom. The second kappa shape index (κ2) is 14.1. The lowest BCUT2D eigenvalue weighted by atomic mass is 10.1. The van der Waals surface area contributed by atoms with Crippen LogP contribution < -0.4 is 0 Å². The van der Waals surface area contributed by atoms with Crippen LogP contribution in [0.2, 0.25) is 0 Å². The highest BCUT2D eigenvalue weighted by atomic mass is 32.2. The molecule has 14 rings (SSSR count). The van der Waals surface area contributed by atoms with Gasteiger partial charge < -0.3 is 18.3 Å². The summed E-state index contributed by atoms with van der Waals surface area (Å²) in [6, 6.07) is 84.4. The first-order valence-corrected chi connectivity index (χ1v) is 23.0. The lowest BCUT2D eigenvalue weighted by molar-refractivity contribution is 1.13. The fourth-order valence-corrected chi connectivity index (χ4v) is 11.5. The number of fused-ring (bicyclic) bond motifs is 12. The molecule has 0 spiro atoms. The molecule has 0 amide bonds.